The largest absolute Gasteiger partial charge is 0.438 e. The Morgan fingerprint density at radius 1 is 0.667 bits per heavy atom. The van der Waals surface area contributed by atoms with E-state index < -0.39 is 34.0 Å². The maximum Gasteiger partial charge on any atom is 0.155 e. The third-order valence-corrected chi connectivity index (χ3v) is 36.7. The second-order valence-corrected chi connectivity index (χ2v) is 28.9. The van der Waals surface area contributed by atoms with Crippen LogP contribution in [0.3, 0.4) is 0 Å². The van der Waals surface area contributed by atoms with Crippen molar-refractivity contribution in [3.05, 3.63) is 0 Å². The average molecular weight is 279 g/mol. The highest BCUT2D eigenvalue weighted by atomic mass is 28.5. The molecule has 1 N–H and O–H groups in total. The molecule has 0 bridgehead atoms. The van der Waals surface area contributed by atoms with Crippen LogP contribution in [-0.4, -0.2) is 38.8 Å². The minimum absolute atomic E-state index is 0.465. The SMILES string of the molecule is C[Si](C)(C)C([SiH2]O)([Si](C)(C)C)[Si](C)(C)C. The molecule has 5 heteroatoms. The van der Waals surface area contributed by atoms with Gasteiger partial charge in [-0.25, -0.2) is 0 Å². The highest BCUT2D eigenvalue weighted by molar-refractivity contribution is 7.22. The van der Waals surface area contributed by atoms with Crippen molar-refractivity contribution in [1.82, 2.24) is 0 Å². The smallest absolute Gasteiger partial charge is 0.155 e. The van der Waals surface area contributed by atoms with Gasteiger partial charge in [-0.2, -0.15) is 0 Å². The van der Waals surface area contributed by atoms with Crippen molar-refractivity contribution in [1.29, 1.82) is 0 Å². The minimum Gasteiger partial charge on any atom is -0.438 e. The number of hydrogen-bond acceptors (Lipinski definition) is 1. The summed E-state index contributed by atoms with van der Waals surface area (Å²) in [5.74, 6) is 0. The van der Waals surface area contributed by atoms with Gasteiger partial charge in [0.05, 0.1) is 0 Å². The van der Waals surface area contributed by atoms with E-state index in [9.17, 15) is 4.80 Å². The van der Waals surface area contributed by atoms with Crippen LogP contribution in [0.15, 0.2) is 0 Å². The topological polar surface area (TPSA) is 20.2 Å². The summed E-state index contributed by atoms with van der Waals surface area (Å²) in [6.07, 6.45) is 0. The zero-order valence-electron chi connectivity index (χ0n) is 12.2. The fourth-order valence-corrected chi connectivity index (χ4v) is 36.8. The quantitative estimate of drug-likeness (QED) is 0.784. The summed E-state index contributed by atoms with van der Waals surface area (Å²) in [6.45, 7) is 22.3. The van der Waals surface area contributed by atoms with E-state index in [0.29, 0.717) is 3.91 Å². The summed E-state index contributed by atoms with van der Waals surface area (Å²) in [7, 11) is -4.72. The van der Waals surface area contributed by atoms with Gasteiger partial charge in [0.1, 0.15) is 0 Å². The van der Waals surface area contributed by atoms with Crippen LogP contribution in [0, 0.1) is 0 Å². The van der Waals surface area contributed by atoms with E-state index in [2.05, 4.69) is 58.9 Å². The molecular weight excluding hydrogens is 248 g/mol. The highest BCUT2D eigenvalue weighted by Gasteiger charge is 2.59. The Balaban J connectivity index is 5.78. The molecule has 0 heterocycles. The first-order chi connectivity index (χ1) is 6.31. The first kappa shape index (κ1) is 15.8. The zero-order chi connectivity index (χ0) is 12.7. The van der Waals surface area contributed by atoms with Gasteiger partial charge in [0.25, 0.3) is 0 Å². The van der Waals surface area contributed by atoms with Gasteiger partial charge in [-0.15, -0.1) is 0 Å². The fourth-order valence-electron chi connectivity index (χ4n) is 4.09. The van der Waals surface area contributed by atoms with Crippen LogP contribution < -0.4 is 0 Å². The number of rotatable bonds is 4. The van der Waals surface area contributed by atoms with Crippen LogP contribution in [0.5, 0.6) is 0 Å². The molecule has 0 aliphatic heterocycles. The minimum atomic E-state index is -1.27. The third-order valence-electron chi connectivity index (χ3n) is 4.08. The molecular formula is C10H30OSi4. The Morgan fingerprint density at radius 2 is 0.867 bits per heavy atom. The van der Waals surface area contributed by atoms with Crippen LogP contribution in [-0.2, 0) is 0 Å². The molecule has 0 saturated carbocycles. The lowest BCUT2D eigenvalue weighted by Gasteiger charge is -2.57. The van der Waals surface area contributed by atoms with Crippen LogP contribution >= 0.6 is 0 Å². The van der Waals surface area contributed by atoms with Gasteiger partial charge in [-0.3, -0.25) is 0 Å². The molecule has 1 nitrogen and oxygen atoms in total. The molecule has 0 rings (SSSR count). The van der Waals surface area contributed by atoms with Crippen molar-refractivity contribution >= 4 is 34.0 Å². The summed E-state index contributed by atoms with van der Waals surface area (Å²) >= 11 is 0. The van der Waals surface area contributed by atoms with Gasteiger partial charge in [0, 0.05) is 24.2 Å². The first-order valence-corrected chi connectivity index (χ1v) is 17.8. The molecule has 0 aromatic rings. The molecule has 0 amide bonds. The molecule has 0 unspecified atom stereocenters. The van der Waals surface area contributed by atoms with Gasteiger partial charge in [-0.1, -0.05) is 58.9 Å². The maximum absolute atomic E-state index is 10.2. The van der Waals surface area contributed by atoms with Gasteiger partial charge < -0.3 is 4.80 Å². The van der Waals surface area contributed by atoms with Crippen molar-refractivity contribution < 1.29 is 4.80 Å². The van der Waals surface area contributed by atoms with Gasteiger partial charge >= 0.3 is 0 Å². The maximum atomic E-state index is 10.2. The van der Waals surface area contributed by atoms with E-state index in [-0.39, 0.29) is 0 Å². The highest BCUT2D eigenvalue weighted by Crippen LogP contribution is 2.52. The molecule has 0 atom stereocenters. The Labute approximate surface area is 102 Å². The summed E-state index contributed by atoms with van der Waals surface area (Å²) in [4.78, 5) is 10.2. The van der Waals surface area contributed by atoms with E-state index in [4.69, 9.17) is 0 Å². The van der Waals surface area contributed by atoms with Crippen molar-refractivity contribution in [2.24, 2.45) is 0 Å². The van der Waals surface area contributed by atoms with E-state index in [1.807, 2.05) is 0 Å². The van der Waals surface area contributed by atoms with E-state index in [1.54, 1.807) is 0 Å². The van der Waals surface area contributed by atoms with Crippen molar-refractivity contribution in [3.63, 3.8) is 0 Å². The van der Waals surface area contributed by atoms with Gasteiger partial charge in [0.2, 0.25) is 0 Å². The fraction of sp³-hybridized carbons (Fsp3) is 1.00. The Kier molecular flexibility index (Phi) is 4.48. The predicted octanol–water partition coefficient (Wildman–Crippen LogP) is 2.85. The first-order valence-electron chi connectivity index (χ1n) is 5.92. The number of hydrogen-bond donors (Lipinski definition) is 1. The Hall–Kier alpha value is 0.828. The predicted molar refractivity (Wildman–Crippen MR) is 83.5 cm³/mol. The summed E-state index contributed by atoms with van der Waals surface area (Å²) in [5, 5.41) is 0. The molecule has 0 aromatic heterocycles. The Bertz CT molecular complexity index is 183. The second-order valence-electron chi connectivity index (χ2n) is 7.81. The summed E-state index contributed by atoms with van der Waals surface area (Å²) in [6, 6.07) is 0. The lowest BCUT2D eigenvalue weighted by Crippen LogP contribution is -2.68. The molecule has 0 radical (unpaired) electrons. The lowest BCUT2D eigenvalue weighted by atomic mass is 11.6. The van der Waals surface area contributed by atoms with E-state index in [0.717, 1.165) is 0 Å². The van der Waals surface area contributed by atoms with Gasteiger partial charge in [0.15, 0.2) is 9.76 Å². The van der Waals surface area contributed by atoms with Crippen molar-refractivity contribution in [2.75, 3.05) is 0 Å². The standard InChI is InChI=1S/C10H30OSi4/c1-13(2,3)10(12-11,14(4,5)6)15(7,8)9/h11H,12H2,1-9H3. The van der Waals surface area contributed by atoms with Crippen LogP contribution in [0.1, 0.15) is 0 Å². The monoisotopic (exact) mass is 278 g/mol. The normalized spacial score (nSPS) is 16.4. The van der Waals surface area contributed by atoms with Gasteiger partial charge in [-0.05, 0) is 3.91 Å². The Morgan fingerprint density at radius 3 is 0.867 bits per heavy atom. The average Bonchev–Trinajstić information content (AvgIpc) is 1.76. The lowest BCUT2D eigenvalue weighted by molar-refractivity contribution is 0.596. The molecule has 0 saturated heterocycles. The molecule has 0 fully saturated rings. The summed E-state index contributed by atoms with van der Waals surface area (Å²) < 4.78 is 0.465. The molecule has 15 heavy (non-hydrogen) atoms. The second kappa shape index (κ2) is 4.25. The van der Waals surface area contributed by atoms with E-state index >= 15 is 0 Å². The van der Waals surface area contributed by atoms with Crippen LogP contribution in [0.2, 0.25) is 62.8 Å². The van der Waals surface area contributed by atoms with Crippen LogP contribution in [0.25, 0.3) is 0 Å². The molecule has 92 valence electrons. The zero-order valence-corrected chi connectivity index (χ0v) is 16.6. The third kappa shape index (κ3) is 2.57. The molecule has 0 aliphatic rings. The van der Waals surface area contributed by atoms with Crippen LogP contribution in [0.4, 0.5) is 0 Å². The molecule has 0 aliphatic carbocycles. The summed E-state index contributed by atoms with van der Waals surface area (Å²) in [5.41, 5.74) is 0. The van der Waals surface area contributed by atoms with Crippen molar-refractivity contribution in [2.45, 2.75) is 62.8 Å². The van der Waals surface area contributed by atoms with E-state index in [1.165, 1.54) is 0 Å². The molecule has 0 spiro atoms. The molecule has 0 aromatic carbocycles. The van der Waals surface area contributed by atoms with Crippen molar-refractivity contribution in [3.8, 4) is 0 Å².